The third-order valence-electron chi connectivity index (χ3n) is 2.54. The monoisotopic (exact) mass is 190 g/mol. The fraction of sp³-hybridized carbons (Fsp3) is 0.875. The molecule has 0 bridgehead atoms. The SMILES string of the molecule is CC1OC(C(=O)O)C(O)C(O)C1C. The van der Waals surface area contributed by atoms with Gasteiger partial charge in [-0.05, 0) is 6.92 Å². The van der Waals surface area contributed by atoms with Gasteiger partial charge in [0, 0.05) is 5.92 Å². The van der Waals surface area contributed by atoms with Crippen LogP contribution >= 0.6 is 0 Å². The predicted molar refractivity (Wildman–Crippen MR) is 43.1 cm³/mol. The first kappa shape index (κ1) is 10.4. The summed E-state index contributed by atoms with van der Waals surface area (Å²) in [6.07, 6.45) is -4.06. The Morgan fingerprint density at radius 2 is 1.77 bits per heavy atom. The molecular formula is C8H14O5. The molecule has 3 N–H and O–H groups in total. The third-order valence-corrected chi connectivity index (χ3v) is 2.54. The Hall–Kier alpha value is -0.650. The zero-order valence-electron chi connectivity index (χ0n) is 7.54. The molecule has 5 heteroatoms. The van der Waals surface area contributed by atoms with Crippen LogP contribution in [-0.4, -0.2) is 45.7 Å². The molecule has 0 spiro atoms. The van der Waals surface area contributed by atoms with Gasteiger partial charge in [0.25, 0.3) is 0 Å². The summed E-state index contributed by atoms with van der Waals surface area (Å²) in [4.78, 5) is 10.6. The van der Waals surface area contributed by atoms with Crippen LogP contribution in [0.5, 0.6) is 0 Å². The van der Waals surface area contributed by atoms with Gasteiger partial charge in [0.05, 0.1) is 12.2 Å². The molecule has 0 saturated carbocycles. The van der Waals surface area contributed by atoms with E-state index in [-0.39, 0.29) is 12.0 Å². The van der Waals surface area contributed by atoms with Crippen LogP contribution in [-0.2, 0) is 9.53 Å². The van der Waals surface area contributed by atoms with E-state index in [1.165, 1.54) is 0 Å². The summed E-state index contributed by atoms with van der Waals surface area (Å²) >= 11 is 0. The largest absolute Gasteiger partial charge is 0.479 e. The summed E-state index contributed by atoms with van der Waals surface area (Å²) < 4.78 is 5.03. The highest BCUT2D eigenvalue weighted by molar-refractivity contribution is 5.73. The van der Waals surface area contributed by atoms with Crippen LogP contribution < -0.4 is 0 Å². The molecule has 1 saturated heterocycles. The van der Waals surface area contributed by atoms with E-state index in [1.54, 1.807) is 13.8 Å². The first-order chi connectivity index (χ1) is 5.95. The van der Waals surface area contributed by atoms with Crippen molar-refractivity contribution in [2.75, 3.05) is 0 Å². The van der Waals surface area contributed by atoms with Gasteiger partial charge >= 0.3 is 5.97 Å². The minimum atomic E-state index is -1.34. The molecule has 0 aromatic carbocycles. The molecule has 76 valence electrons. The average Bonchev–Trinajstić information content (AvgIpc) is 2.07. The predicted octanol–water partition coefficient (Wildman–Crippen LogP) is -0.784. The van der Waals surface area contributed by atoms with Gasteiger partial charge in [0.1, 0.15) is 6.10 Å². The molecule has 5 atom stereocenters. The molecule has 0 aromatic rings. The number of ether oxygens (including phenoxy) is 1. The number of carboxylic acids is 1. The van der Waals surface area contributed by atoms with Gasteiger partial charge in [-0.2, -0.15) is 0 Å². The first-order valence-electron chi connectivity index (χ1n) is 4.19. The maximum Gasteiger partial charge on any atom is 0.335 e. The highest BCUT2D eigenvalue weighted by Crippen LogP contribution is 2.25. The summed E-state index contributed by atoms with van der Waals surface area (Å²) in [5.41, 5.74) is 0. The summed E-state index contributed by atoms with van der Waals surface area (Å²) in [6, 6.07) is 0. The number of hydrogen-bond acceptors (Lipinski definition) is 4. The zero-order valence-corrected chi connectivity index (χ0v) is 7.54. The highest BCUT2D eigenvalue weighted by Gasteiger charge is 2.43. The Labute approximate surface area is 75.9 Å². The minimum absolute atomic E-state index is 0.259. The molecule has 5 unspecified atom stereocenters. The molecular weight excluding hydrogens is 176 g/mol. The fourth-order valence-corrected chi connectivity index (χ4v) is 1.41. The van der Waals surface area contributed by atoms with Crippen LogP contribution in [0.25, 0.3) is 0 Å². The average molecular weight is 190 g/mol. The topological polar surface area (TPSA) is 87.0 Å². The Morgan fingerprint density at radius 1 is 1.23 bits per heavy atom. The lowest BCUT2D eigenvalue weighted by molar-refractivity contribution is -0.206. The minimum Gasteiger partial charge on any atom is -0.479 e. The second-order valence-corrected chi connectivity index (χ2v) is 3.44. The maximum absolute atomic E-state index is 10.6. The Kier molecular flexibility index (Phi) is 2.90. The van der Waals surface area contributed by atoms with Crippen molar-refractivity contribution >= 4 is 5.97 Å². The van der Waals surface area contributed by atoms with Gasteiger partial charge in [-0.15, -0.1) is 0 Å². The molecule has 0 aliphatic carbocycles. The van der Waals surface area contributed by atoms with Gasteiger partial charge in [0.2, 0.25) is 0 Å². The van der Waals surface area contributed by atoms with Crippen LogP contribution in [0.3, 0.4) is 0 Å². The van der Waals surface area contributed by atoms with E-state index < -0.39 is 24.3 Å². The molecule has 1 heterocycles. The normalized spacial score (nSPS) is 46.0. The Balaban J connectivity index is 2.76. The van der Waals surface area contributed by atoms with Gasteiger partial charge in [0.15, 0.2) is 6.10 Å². The molecule has 1 aliphatic rings. The first-order valence-corrected chi connectivity index (χ1v) is 4.19. The van der Waals surface area contributed by atoms with E-state index in [1.807, 2.05) is 0 Å². The van der Waals surface area contributed by atoms with Crippen molar-refractivity contribution in [3.05, 3.63) is 0 Å². The molecule has 1 fully saturated rings. The van der Waals surface area contributed by atoms with E-state index in [4.69, 9.17) is 9.84 Å². The molecule has 0 amide bonds. The molecule has 0 radical (unpaired) electrons. The van der Waals surface area contributed by atoms with Crippen molar-refractivity contribution in [2.24, 2.45) is 5.92 Å². The van der Waals surface area contributed by atoms with Gasteiger partial charge < -0.3 is 20.1 Å². The van der Waals surface area contributed by atoms with Crippen molar-refractivity contribution in [1.29, 1.82) is 0 Å². The lowest BCUT2D eigenvalue weighted by Crippen LogP contribution is -2.55. The van der Waals surface area contributed by atoms with E-state index in [9.17, 15) is 15.0 Å². The Morgan fingerprint density at radius 3 is 2.23 bits per heavy atom. The number of aliphatic hydroxyl groups excluding tert-OH is 2. The van der Waals surface area contributed by atoms with Gasteiger partial charge in [-0.25, -0.2) is 4.79 Å². The number of hydrogen-bond donors (Lipinski definition) is 3. The fourth-order valence-electron chi connectivity index (χ4n) is 1.41. The van der Waals surface area contributed by atoms with Crippen LogP contribution in [0.1, 0.15) is 13.8 Å². The van der Waals surface area contributed by atoms with Crippen LogP contribution in [0.15, 0.2) is 0 Å². The van der Waals surface area contributed by atoms with Crippen molar-refractivity contribution in [3.63, 3.8) is 0 Å². The lowest BCUT2D eigenvalue weighted by Gasteiger charge is -2.38. The molecule has 1 rings (SSSR count). The summed E-state index contributed by atoms with van der Waals surface area (Å²) in [5, 5.41) is 27.4. The number of aliphatic hydroxyl groups is 2. The van der Waals surface area contributed by atoms with E-state index in [2.05, 4.69) is 0 Å². The number of carboxylic acid groups (broad SMARTS) is 1. The Bertz CT molecular complexity index is 205. The highest BCUT2D eigenvalue weighted by atomic mass is 16.5. The number of aliphatic carboxylic acids is 1. The third kappa shape index (κ3) is 1.82. The second-order valence-electron chi connectivity index (χ2n) is 3.44. The van der Waals surface area contributed by atoms with Crippen molar-refractivity contribution in [2.45, 2.75) is 38.3 Å². The quantitative estimate of drug-likeness (QED) is 0.504. The summed E-state index contributed by atoms with van der Waals surface area (Å²) in [7, 11) is 0. The number of rotatable bonds is 1. The van der Waals surface area contributed by atoms with Crippen LogP contribution in [0.4, 0.5) is 0 Å². The van der Waals surface area contributed by atoms with Crippen LogP contribution in [0.2, 0.25) is 0 Å². The molecule has 5 nitrogen and oxygen atoms in total. The van der Waals surface area contributed by atoms with Crippen molar-refractivity contribution in [1.82, 2.24) is 0 Å². The van der Waals surface area contributed by atoms with Crippen molar-refractivity contribution < 1.29 is 24.9 Å². The van der Waals surface area contributed by atoms with Crippen LogP contribution in [0, 0.1) is 5.92 Å². The summed E-state index contributed by atoms with van der Waals surface area (Å²) in [5.74, 6) is -1.50. The second kappa shape index (κ2) is 3.61. The maximum atomic E-state index is 10.6. The van der Waals surface area contributed by atoms with Gasteiger partial charge in [-0.3, -0.25) is 0 Å². The van der Waals surface area contributed by atoms with Crippen molar-refractivity contribution in [3.8, 4) is 0 Å². The summed E-state index contributed by atoms with van der Waals surface area (Å²) in [6.45, 7) is 3.38. The standard InChI is InChI=1S/C8H14O5/c1-3-4(2)13-7(8(11)12)6(10)5(3)9/h3-7,9-10H,1-2H3,(H,11,12). The number of carbonyl (C=O) groups is 1. The van der Waals surface area contributed by atoms with E-state index >= 15 is 0 Å². The molecule has 0 aromatic heterocycles. The zero-order chi connectivity index (χ0) is 10.2. The molecule has 13 heavy (non-hydrogen) atoms. The van der Waals surface area contributed by atoms with E-state index in [0.717, 1.165) is 0 Å². The molecule has 1 aliphatic heterocycles. The van der Waals surface area contributed by atoms with E-state index in [0.29, 0.717) is 0 Å². The van der Waals surface area contributed by atoms with Gasteiger partial charge in [-0.1, -0.05) is 6.92 Å². The smallest absolute Gasteiger partial charge is 0.335 e. The lowest BCUT2D eigenvalue weighted by atomic mass is 9.89.